The molecule has 2 aromatic heterocycles. The fourth-order valence-corrected chi connectivity index (χ4v) is 3.05. The molecule has 0 unspecified atom stereocenters. The average Bonchev–Trinajstić information content (AvgIpc) is 2.97. The number of aryl methyl sites for hydroxylation is 1. The van der Waals surface area contributed by atoms with Gasteiger partial charge in [0.05, 0.1) is 24.8 Å². The van der Waals surface area contributed by atoms with E-state index in [2.05, 4.69) is 13.7 Å². The first kappa shape index (κ1) is 14.1. The van der Waals surface area contributed by atoms with Gasteiger partial charge in [0, 0.05) is 17.3 Å². The second-order valence-corrected chi connectivity index (χ2v) is 6.06. The molecule has 0 saturated carbocycles. The van der Waals surface area contributed by atoms with Crippen LogP contribution in [0.3, 0.4) is 0 Å². The van der Waals surface area contributed by atoms with Crippen molar-refractivity contribution in [1.82, 2.24) is 18.6 Å². The molecule has 23 heavy (non-hydrogen) atoms. The Morgan fingerprint density at radius 3 is 2.87 bits per heavy atom. The molecule has 3 heterocycles. The minimum absolute atomic E-state index is 0.00193. The SMILES string of the molecule is Cc1cccc(OC2CN(C(=O)c3ccc4nsnc4c3)C2)n1. The minimum Gasteiger partial charge on any atom is -0.471 e. The van der Waals surface area contributed by atoms with Crippen LogP contribution in [0, 0.1) is 6.92 Å². The van der Waals surface area contributed by atoms with E-state index in [1.165, 1.54) is 0 Å². The summed E-state index contributed by atoms with van der Waals surface area (Å²) in [6.07, 6.45) is -0.00193. The number of carbonyl (C=O) groups excluding carboxylic acids is 1. The predicted molar refractivity (Wildman–Crippen MR) is 86.7 cm³/mol. The Kier molecular flexibility index (Phi) is 3.42. The lowest BCUT2D eigenvalue weighted by Gasteiger charge is -2.38. The van der Waals surface area contributed by atoms with Gasteiger partial charge >= 0.3 is 0 Å². The fourth-order valence-electron chi connectivity index (χ4n) is 2.53. The van der Waals surface area contributed by atoms with Crippen molar-refractivity contribution in [2.24, 2.45) is 0 Å². The number of likely N-dealkylation sites (tertiary alicyclic amines) is 1. The van der Waals surface area contributed by atoms with Crippen molar-refractivity contribution in [3.63, 3.8) is 0 Å². The summed E-state index contributed by atoms with van der Waals surface area (Å²) >= 11 is 1.15. The molecule has 1 amide bonds. The number of nitrogens with zero attached hydrogens (tertiary/aromatic N) is 4. The van der Waals surface area contributed by atoms with Crippen LogP contribution >= 0.6 is 11.7 Å². The van der Waals surface area contributed by atoms with E-state index in [1.54, 1.807) is 17.0 Å². The molecule has 1 aliphatic rings. The molecular weight excluding hydrogens is 312 g/mol. The largest absolute Gasteiger partial charge is 0.471 e. The number of rotatable bonds is 3. The number of benzene rings is 1. The zero-order chi connectivity index (χ0) is 15.8. The molecule has 1 aromatic carbocycles. The van der Waals surface area contributed by atoms with Crippen molar-refractivity contribution >= 4 is 28.7 Å². The van der Waals surface area contributed by atoms with E-state index in [0.717, 1.165) is 28.5 Å². The van der Waals surface area contributed by atoms with Gasteiger partial charge in [0.1, 0.15) is 17.1 Å². The number of pyridine rings is 1. The van der Waals surface area contributed by atoms with Crippen LogP contribution in [0.2, 0.25) is 0 Å². The molecule has 0 atom stereocenters. The number of fused-ring (bicyclic) bond motifs is 1. The van der Waals surface area contributed by atoms with Crippen molar-refractivity contribution in [2.45, 2.75) is 13.0 Å². The first-order valence-electron chi connectivity index (χ1n) is 7.31. The monoisotopic (exact) mass is 326 g/mol. The third-order valence-corrected chi connectivity index (χ3v) is 4.34. The van der Waals surface area contributed by atoms with Gasteiger partial charge in [-0.3, -0.25) is 4.79 Å². The number of amides is 1. The van der Waals surface area contributed by atoms with Crippen LogP contribution in [0.25, 0.3) is 11.0 Å². The molecule has 1 fully saturated rings. The standard InChI is InChI=1S/C16H14N4O2S/c1-10-3-2-4-15(17-10)22-12-8-20(9-12)16(21)11-5-6-13-14(7-11)19-23-18-13/h2-7,12H,8-9H2,1H3. The van der Waals surface area contributed by atoms with Crippen molar-refractivity contribution < 1.29 is 9.53 Å². The van der Waals surface area contributed by atoms with Crippen LogP contribution in [-0.2, 0) is 0 Å². The molecule has 1 aliphatic heterocycles. The van der Waals surface area contributed by atoms with Gasteiger partial charge in [0.25, 0.3) is 5.91 Å². The summed E-state index contributed by atoms with van der Waals surface area (Å²) in [6.45, 7) is 3.07. The Hall–Kier alpha value is -2.54. The third kappa shape index (κ3) is 2.75. The van der Waals surface area contributed by atoms with Crippen LogP contribution in [0.15, 0.2) is 36.4 Å². The molecule has 3 aromatic rings. The highest BCUT2D eigenvalue weighted by atomic mass is 32.1. The molecule has 4 rings (SSSR count). The van der Waals surface area contributed by atoms with Crippen molar-refractivity contribution in [2.75, 3.05) is 13.1 Å². The smallest absolute Gasteiger partial charge is 0.254 e. The van der Waals surface area contributed by atoms with Gasteiger partial charge in [-0.05, 0) is 31.2 Å². The van der Waals surface area contributed by atoms with Crippen LogP contribution in [0.4, 0.5) is 0 Å². The predicted octanol–water partition coefficient (Wildman–Crippen LogP) is 2.30. The first-order chi connectivity index (χ1) is 11.2. The summed E-state index contributed by atoms with van der Waals surface area (Å²) in [6, 6.07) is 11.1. The Bertz CT molecular complexity index is 873. The van der Waals surface area contributed by atoms with E-state index in [4.69, 9.17) is 4.74 Å². The van der Waals surface area contributed by atoms with E-state index in [0.29, 0.717) is 24.5 Å². The number of carbonyl (C=O) groups is 1. The van der Waals surface area contributed by atoms with E-state index in [-0.39, 0.29) is 12.0 Å². The zero-order valence-electron chi connectivity index (χ0n) is 12.5. The maximum Gasteiger partial charge on any atom is 0.254 e. The third-order valence-electron chi connectivity index (χ3n) is 3.79. The summed E-state index contributed by atoms with van der Waals surface area (Å²) in [4.78, 5) is 18.5. The second kappa shape index (κ2) is 5.58. The molecule has 0 bridgehead atoms. The highest BCUT2D eigenvalue weighted by Gasteiger charge is 2.33. The van der Waals surface area contributed by atoms with Crippen LogP contribution in [-0.4, -0.2) is 43.7 Å². The van der Waals surface area contributed by atoms with Crippen molar-refractivity contribution in [3.05, 3.63) is 47.7 Å². The Labute approximate surface area is 137 Å². The molecule has 1 saturated heterocycles. The van der Waals surface area contributed by atoms with E-state index < -0.39 is 0 Å². The number of hydrogen-bond donors (Lipinski definition) is 0. The van der Waals surface area contributed by atoms with Crippen LogP contribution in [0.1, 0.15) is 16.1 Å². The number of aromatic nitrogens is 3. The van der Waals surface area contributed by atoms with Gasteiger partial charge < -0.3 is 9.64 Å². The lowest BCUT2D eigenvalue weighted by Crippen LogP contribution is -2.56. The summed E-state index contributed by atoms with van der Waals surface area (Å²) in [5, 5.41) is 0. The van der Waals surface area contributed by atoms with Gasteiger partial charge in [0.2, 0.25) is 5.88 Å². The van der Waals surface area contributed by atoms with E-state index in [1.807, 2.05) is 31.2 Å². The molecule has 0 spiro atoms. The first-order valence-corrected chi connectivity index (χ1v) is 8.04. The summed E-state index contributed by atoms with van der Waals surface area (Å²) in [7, 11) is 0. The summed E-state index contributed by atoms with van der Waals surface area (Å²) in [5.41, 5.74) is 3.14. The lowest BCUT2D eigenvalue weighted by molar-refractivity contribution is 0.0159. The maximum atomic E-state index is 12.5. The molecule has 0 aliphatic carbocycles. The molecule has 0 N–H and O–H groups in total. The minimum atomic E-state index is -0.00282. The van der Waals surface area contributed by atoms with Crippen LogP contribution in [0.5, 0.6) is 5.88 Å². The Morgan fingerprint density at radius 1 is 1.22 bits per heavy atom. The molecule has 0 radical (unpaired) electrons. The number of ether oxygens (including phenoxy) is 1. The summed E-state index contributed by atoms with van der Waals surface area (Å²) in [5.74, 6) is 0.606. The Morgan fingerprint density at radius 2 is 2.04 bits per heavy atom. The highest BCUT2D eigenvalue weighted by Crippen LogP contribution is 2.20. The molecule has 6 nitrogen and oxygen atoms in total. The van der Waals surface area contributed by atoms with Crippen molar-refractivity contribution in [3.8, 4) is 5.88 Å². The topological polar surface area (TPSA) is 68.2 Å². The Balaban J connectivity index is 1.40. The molecule has 116 valence electrons. The van der Waals surface area contributed by atoms with Gasteiger partial charge in [0.15, 0.2) is 0 Å². The summed E-state index contributed by atoms with van der Waals surface area (Å²) < 4.78 is 14.1. The van der Waals surface area contributed by atoms with E-state index in [9.17, 15) is 4.79 Å². The average molecular weight is 326 g/mol. The van der Waals surface area contributed by atoms with Crippen LogP contribution < -0.4 is 4.74 Å². The maximum absolute atomic E-state index is 12.5. The normalized spacial score (nSPS) is 14.7. The van der Waals surface area contributed by atoms with Gasteiger partial charge in [-0.15, -0.1) is 0 Å². The molecular formula is C16H14N4O2S. The van der Waals surface area contributed by atoms with E-state index >= 15 is 0 Å². The van der Waals surface area contributed by atoms with Crippen molar-refractivity contribution in [1.29, 1.82) is 0 Å². The fraction of sp³-hybridized carbons (Fsp3) is 0.250. The lowest BCUT2D eigenvalue weighted by atomic mass is 10.1. The molecule has 7 heteroatoms. The highest BCUT2D eigenvalue weighted by molar-refractivity contribution is 7.00. The van der Waals surface area contributed by atoms with Gasteiger partial charge in [-0.25, -0.2) is 4.98 Å². The van der Waals surface area contributed by atoms with Gasteiger partial charge in [-0.1, -0.05) is 6.07 Å². The second-order valence-electron chi connectivity index (χ2n) is 5.53. The van der Waals surface area contributed by atoms with Gasteiger partial charge in [-0.2, -0.15) is 8.75 Å². The quantitative estimate of drug-likeness (QED) is 0.739. The number of hydrogen-bond acceptors (Lipinski definition) is 6. The zero-order valence-corrected chi connectivity index (χ0v) is 13.3.